The number of carbonyl (C=O) groups excluding carboxylic acids is 2. The number of aliphatic carboxylic acids is 1. The van der Waals surface area contributed by atoms with Crippen molar-refractivity contribution in [3.63, 3.8) is 0 Å². The molecule has 2 aromatic rings. The van der Waals surface area contributed by atoms with Gasteiger partial charge in [-0.1, -0.05) is 62.4 Å². The van der Waals surface area contributed by atoms with Gasteiger partial charge in [-0.05, 0) is 41.5 Å². The van der Waals surface area contributed by atoms with Crippen LogP contribution < -0.4 is 5.32 Å². The molecule has 0 saturated heterocycles. The van der Waals surface area contributed by atoms with Crippen molar-refractivity contribution >= 4 is 18.0 Å². The Morgan fingerprint density at radius 2 is 1.53 bits per heavy atom. The molecular weight excluding hydrogens is 408 g/mol. The van der Waals surface area contributed by atoms with Gasteiger partial charge < -0.3 is 20.1 Å². The van der Waals surface area contributed by atoms with Crippen LogP contribution in [0.5, 0.6) is 0 Å². The summed E-state index contributed by atoms with van der Waals surface area (Å²) >= 11 is 0. The Morgan fingerprint density at radius 3 is 2.03 bits per heavy atom. The lowest BCUT2D eigenvalue weighted by atomic mass is 9.98. The third-order valence-electron chi connectivity index (χ3n) is 5.93. The molecule has 7 heteroatoms. The second-order valence-corrected chi connectivity index (χ2v) is 8.62. The van der Waals surface area contributed by atoms with Crippen LogP contribution in [0.15, 0.2) is 48.5 Å². The number of alkyl carbamates (subject to hydrolysis) is 1. The fraction of sp³-hybridized carbons (Fsp3) is 0.400. The molecule has 2 amide bonds. The van der Waals surface area contributed by atoms with Crippen LogP contribution >= 0.6 is 0 Å². The van der Waals surface area contributed by atoms with Gasteiger partial charge in [0.05, 0.1) is 0 Å². The predicted octanol–water partition coefficient (Wildman–Crippen LogP) is 3.87. The average Bonchev–Trinajstić information content (AvgIpc) is 3.09. The van der Waals surface area contributed by atoms with Gasteiger partial charge >= 0.3 is 12.1 Å². The van der Waals surface area contributed by atoms with Gasteiger partial charge in [-0.2, -0.15) is 0 Å². The molecule has 170 valence electrons. The number of likely N-dealkylation sites (N-methyl/N-ethyl adjacent to an activating group) is 1. The number of rotatable bonds is 8. The first-order valence-electron chi connectivity index (χ1n) is 10.8. The van der Waals surface area contributed by atoms with Gasteiger partial charge in [0.1, 0.15) is 18.7 Å². The molecule has 2 atom stereocenters. The first kappa shape index (κ1) is 23.3. The van der Waals surface area contributed by atoms with Crippen molar-refractivity contribution in [2.24, 2.45) is 5.92 Å². The van der Waals surface area contributed by atoms with Gasteiger partial charge in [0.15, 0.2) is 0 Å². The van der Waals surface area contributed by atoms with Crippen molar-refractivity contribution in [2.75, 3.05) is 13.7 Å². The van der Waals surface area contributed by atoms with Gasteiger partial charge in [0, 0.05) is 13.0 Å². The summed E-state index contributed by atoms with van der Waals surface area (Å²) in [4.78, 5) is 37.9. The summed E-state index contributed by atoms with van der Waals surface area (Å²) in [5.74, 6) is -1.53. The lowest BCUT2D eigenvalue weighted by Gasteiger charge is -2.28. The second kappa shape index (κ2) is 9.85. The predicted molar refractivity (Wildman–Crippen MR) is 121 cm³/mol. The molecule has 32 heavy (non-hydrogen) atoms. The summed E-state index contributed by atoms with van der Waals surface area (Å²) in [6, 6.07) is 14.2. The molecule has 2 aromatic carbocycles. The molecule has 0 heterocycles. The summed E-state index contributed by atoms with van der Waals surface area (Å²) in [7, 11) is 1.42. The molecule has 0 bridgehead atoms. The van der Waals surface area contributed by atoms with E-state index in [0.717, 1.165) is 27.2 Å². The number of benzene rings is 2. The minimum Gasteiger partial charge on any atom is -0.480 e. The number of nitrogens with zero attached hydrogens (tertiary/aromatic N) is 1. The molecule has 0 aliphatic heterocycles. The number of carboxylic acids is 1. The molecule has 0 spiro atoms. The first-order chi connectivity index (χ1) is 15.2. The molecule has 0 radical (unpaired) electrons. The van der Waals surface area contributed by atoms with Crippen LogP contribution in [0.1, 0.15) is 44.2 Å². The van der Waals surface area contributed by atoms with Crippen molar-refractivity contribution < 1.29 is 24.2 Å². The van der Waals surface area contributed by atoms with E-state index in [9.17, 15) is 19.5 Å². The van der Waals surface area contributed by atoms with Gasteiger partial charge in [0.25, 0.3) is 0 Å². The number of ether oxygens (including phenoxy) is 1. The van der Waals surface area contributed by atoms with Gasteiger partial charge in [-0.25, -0.2) is 9.59 Å². The van der Waals surface area contributed by atoms with Crippen LogP contribution in [0.25, 0.3) is 11.1 Å². The van der Waals surface area contributed by atoms with Gasteiger partial charge in [-0.15, -0.1) is 0 Å². The number of carboxylic acid groups (broad SMARTS) is 1. The number of nitrogens with one attached hydrogen (secondary N) is 1. The monoisotopic (exact) mass is 438 g/mol. The lowest BCUT2D eigenvalue weighted by Crippen LogP contribution is -2.52. The maximum Gasteiger partial charge on any atom is 0.407 e. The minimum absolute atomic E-state index is 0.0814. The molecule has 2 N–H and O–H groups in total. The molecule has 1 aliphatic rings. The first-order valence-corrected chi connectivity index (χ1v) is 10.8. The highest BCUT2D eigenvalue weighted by molar-refractivity contribution is 5.89. The van der Waals surface area contributed by atoms with E-state index in [4.69, 9.17) is 4.74 Å². The Hall–Kier alpha value is -3.35. The van der Waals surface area contributed by atoms with Crippen LogP contribution in [-0.2, 0) is 14.3 Å². The highest BCUT2D eigenvalue weighted by Gasteiger charge is 2.32. The highest BCUT2D eigenvalue weighted by atomic mass is 16.5. The number of carbonyl (C=O) groups is 3. The summed E-state index contributed by atoms with van der Waals surface area (Å²) in [5, 5.41) is 11.9. The zero-order chi connectivity index (χ0) is 23.4. The molecule has 3 rings (SSSR count). The standard InChI is InChI=1S/C25H30N2O5/c1-15(2)13-22(23(28)27(4)16(3)24(29)30)26-25(31)32-14-21-19-11-7-5-9-17(19)18-10-6-8-12-20(18)21/h5-12,15-16,21-22H,13-14H2,1-4H3,(H,26,31)(H,29,30). The van der Waals surface area contributed by atoms with E-state index in [0.29, 0.717) is 6.42 Å². The molecule has 0 fully saturated rings. The van der Waals surface area contributed by atoms with Gasteiger partial charge in [0.2, 0.25) is 5.91 Å². The van der Waals surface area contributed by atoms with Crippen molar-refractivity contribution in [3.8, 4) is 11.1 Å². The van der Waals surface area contributed by atoms with Crippen molar-refractivity contribution in [3.05, 3.63) is 59.7 Å². The maximum absolute atomic E-state index is 12.8. The zero-order valence-corrected chi connectivity index (χ0v) is 18.9. The Bertz CT molecular complexity index is 958. The van der Waals surface area contributed by atoms with E-state index in [-0.39, 0.29) is 18.4 Å². The molecule has 1 aliphatic carbocycles. The van der Waals surface area contributed by atoms with E-state index in [1.165, 1.54) is 14.0 Å². The number of fused-ring (bicyclic) bond motifs is 3. The highest BCUT2D eigenvalue weighted by Crippen LogP contribution is 2.44. The van der Waals surface area contributed by atoms with Crippen LogP contribution in [0.2, 0.25) is 0 Å². The second-order valence-electron chi connectivity index (χ2n) is 8.62. The summed E-state index contributed by atoms with van der Waals surface area (Å²) < 4.78 is 5.55. The van der Waals surface area contributed by atoms with Crippen LogP contribution in [0, 0.1) is 5.92 Å². The summed E-state index contributed by atoms with van der Waals surface area (Å²) in [6.45, 7) is 5.43. The molecular formula is C25H30N2O5. The maximum atomic E-state index is 12.8. The molecule has 2 unspecified atom stereocenters. The van der Waals surface area contributed by atoms with Crippen molar-refractivity contribution in [1.82, 2.24) is 10.2 Å². The fourth-order valence-electron chi connectivity index (χ4n) is 4.08. The molecule has 7 nitrogen and oxygen atoms in total. The summed E-state index contributed by atoms with van der Waals surface area (Å²) in [6.07, 6.45) is -0.318. The normalized spacial score (nSPS) is 14.3. The van der Waals surface area contributed by atoms with E-state index >= 15 is 0 Å². The third-order valence-corrected chi connectivity index (χ3v) is 5.93. The Morgan fingerprint density at radius 1 is 1.00 bits per heavy atom. The Kier molecular flexibility index (Phi) is 7.18. The summed E-state index contributed by atoms with van der Waals surface area (Å²) in [5.41, 5.74) is 4.47. The van der Waals surface area contributed by atoms with Crippen molar-refractivity contribution in [1.29, 1.82) is 0 Å². The van der Waals surface area contributed by atoms with E-state index in [2.05, 4.69) is 17.4 Å². The Labute approximate surface area is 188 Å². The van der Waals surface area contributed by atoms with E-state index < -0.39 is 30.1 Å². The number of amides is 2. The van der Waals surface area contributed by atoms with Crippen molar-refractivity contribution in [2.45, 2.75) is 45.2 Å². The lowest BCUT2D eigenvalue weighted by molar-refractivity contribution is -0.149. The molecule has 0 aromatic heterocycles. The van der Waals surface area contributed by atoms with Crippen LogP contribution in [0.3, 0.4) is 0 Å². The number of hydrogen-bond donors (Lipinski definition) is 2. The topological polar surface area (TPSA) is 95.9 Å². The Balaban J connectivity index is 1.69. The largest absolute Gasteiger partial charge is 0.480 e. The fourth-order valence-corrected chi connectivity index (χ4v) is 4.08. The van der Waals surface area contributed by atoms with E-state index in [1.54, 1.807) is 0 Å². The van der Waals surface area contributed by atoms with Gasteiger partial charge in [-0.3, -0.25) is 4.79 Å². The molecule has 0 saturated carbocycles. The quantitative estimate of drug-likeness (QED) is 0.652. The average molecular weight is 439 g/mol. The SMILES string of the molecule is CC(C)CC(NC(=O)OCC1c2ccccc2-c2ccccc21)C(=O)N(C)C(C)C(=O)O. The number of hydrogen-bond acceptors (Lipinski definition) is 4. The smallest absolute Gasteiger partial charge is 0.407 e. The van der Waals surface area contributed by atoms with Crippen LogP contribution in [-0.4, -0.2) is 53.7 Å². The third kappa shape index (κ3) is 4.93. The van der Waals surface area contributed by atoms with E-state index in [1.807, 2.05) is 50.2 Å². The zero-order valence-electron chi connectivity index (χ0n) is 18.9. The van der Waals surface area contributed by atoms with Crippen LogP contribution in [0.4, 0.5) is 4.79 Å². The minimum atomic E-state index is -1.11.